The van der Waals surface area contributed by atoms with Gasteiger partial charge in [0.1, 0.15) is 21.5 Å². The SMILES string of the molecule is COc1ccc(-c2ncc(C(=O)O)s2)c(F)c1. The van der Waals surface area contributed by atoms with Crippen LogP contribution in [-0.4, -0.2) is 23.2 Å². The number of nitrogens with zero attached hydrogens (tertiary/aromatic N) is 1. The van der Waals surface area contributed by atoms with Gasteiger partial charge in [0.15, 0.2) is 0 Å². The molecular weight excluding hydrogens is 245 g/mol. The molecule has 1 aromatic heterocycles. The van der Waals surface area contributed by atoms with Crippen LogP contribution in [0.5, 0.6) is 5.75 Å². The summed E-state index contributed by atoms with van der Waals surface area (Å²) >= 11 is 0.930. The Morgan fingerprint density at radius 1 is 1.53 bits per heavy atom. The van der Waals surface area contributed by atoms with Crippen molar-refractivity contribution >= 4 is 17.3 Å². The molecule has 0 spiro atoms. The number of carboxylic acids is 1. The van der Waals surface area contributed by atoms with Crippen LogP contribution in [-0.2, 0) is 0 Å². The van der Waals surface area contributed by atoms with Gasteiger partial charge in [-0.3, -0.25) is 0 Å². The third kappa shape index (κ3) is 2.26. The van der Waals surface area contributed by atoms with Crippen molar-refractivity contribution in [3.8, 4) is 16.3 Å². The van der Waals surface area contributed by atoms with Gasteiger partial charge in [0.25, 0.3) is 0 Å². The van der Waals surface area contributed by atoms with Gasteiger partial charge in [0.2, 0.25) is 0 Å². The highest BCUT2D eigenvalue weighted by molar-refractivity contribution is 7.16. The van der Waals surface area contributed by atoms with E-state index < -0.39 is 11.8 Å². The fraction of sp³-hybridized carbons (Fsp3) is 0.0909. The Balaban J connectivity index is 2.42. The molecule has 2 aromatic rings. The first-order valence-corrected chi connectivity index (χ1v) is 5.46. The summed E-state index contributed by atoms with van der Waals surface area (Å²) in [6.07, 6.45) is 1.21. The molecule has 1 heterocycles. The van der Waals surface area contributed by atoms with Gasteiger partial charge in [-0.05, 0) is 12.1 Å². The number of carbonyl (C=O) groups is 1. The van der Waals surface area contributed by atoms with Crippen molar-refractivity contribution in [2.45, 2.75) is 0 Å². The van der Waals surface area contributed by atoms with E-state index in [0.717, 1.165) is 11.3 Å². The van der Waals surface area contributed by atoms with E-state index in [0.29, 0.717) is 10.8 Å². The summed E-state index contributed by atoms with van der Waals surface area (Å²) < 4.78 is 18.6. The minimum absolute atomic E-state index is 0.0789. The number of methoxy groups -OCH3 is 1. The molecule has 0 atom stereocenters. The molecule has 0 amide bonds. The van der Waals surface area contributed by atoms with Gasteiger partial charge in [0.05, 0.1) is 13.3 Å². The number of hydrogen-bond donors (Lipinski definition) is 1. The van der Waals surface area contributed by atoms with Crippen LogP contribution in [0.1, 0.15) is 9.67 Å². The van der Waals surface area contributed by atoms with Crippen molar-refractivity contribution in [2.24, 2.45) is 0 Å². The number of aromatic carboxylic acids is 1. The molecule has 88 valence electrons. The first-order chi connectivity index (χ1) is 8.11. The number of hydrogen-bond acceptors (Lipinski definition) is 4. The second-order valence-electron chi connectivity index (χ2n) is 3.18. The molecule has 0 saturated heterocycles. The molecule has 6 heteroatoms. The molecule has 0 radical (unpaired) electrons. The van der Waals surface area contributed by atoms with Crippen LogP contribution < -0.4 is 4.74 Å². The second-order valence-corrected chi connectivity index (χ2v) is 4.21. The summed E-state index contributed by atoms with van der Waals surface area (Å²) in [6.45, 7) is 0. The highest BCUT2D eigenvalue weighted by Crippen LogP contribution is 2.29. The zero-order chi connectivity index (χ0) is 12.4. The maximum atomic E-state index is 13.7. The van der Waals surface area contributed by atoms with Gasteiger partial charge in [0, 0.05) is 11.6 Å². The molecule has 0 bridgehead atoms. The lowest BCUT2D eigenvalue weighted by Gasteiger charge is -2.02. The first kappa shape index (κ1) is 11.5. The van der Waals surface area contributed by atoms with Crippen molar-refractivity contribution < 1.29 is 19.0 Å². The fourth-order valence-corrected chi connectivity index (χ4v) is 2.08. The maximum absolute atomic E-state index is 13.7. The second kappa shape index (κ2) is 4.50. The number of benzene rings is 1. The molecule has 4 nitrogen and oxygen atoms in total. The minimum atomic E-state index is -1.07. The normalized spacial score (nSPS) is 10.2. The summed E-state index contributed by atoms with van der Waals surface area (Å²) in [5.41, 5.74) is 0.267. The van der Waals surface area contributed by atoms with E-state index in [9.17, 15) is 9.18 Å². The third-order valence-corrected chi connectivity index (χ3v) is 3.14. The predicted octanol–water partition coefficient (Wildman–Crippen LogP) is 2.66. The largest absolute Gasteiger partial charge is 0.497 e. The van der Waals surface area contributed by atoms with E-state index >= 15 is 0 Å². The van der Waals surface area contributed by atoms with E-state index in [-0.39, 0.29) is 10.4 Å². The van der Waals surface area contributed by atoms with Gasteiger partial charge in [-0.2, -0.15) is 0 Å². The molecule has 0 saturated carbocycles. The molecule has 2 rings (SSSR count). The predicted molar refractivity (Wildman–Crippen MR) is 61.0 cm³/mol. The van der Waals surface area contributed by atoms with Crippen LogP contribution >= 0.6 is 11.3 Å². The monoisotopic (exact) mass is 253 g/mol. The average molecular weight is 253 g/mol. The van der Waals surface area contributed by atoms with Crippen LogP contribution in [0.15, 0.2) is 24.4 Å². The molecule has 0 fully saturated rings. The van der Waals surface area contributed by atoms with Crippen LogP contribution in [0.4, 0.5) is 4.39 Å². The smallest absolute Gasteiger partial charge is 0.347 e. The Labute approximate surface area is 100 Å². The summed E-state index contributed by atoms with van der Waals surface area (Å²) in [5.74, 6) is -1.15. The summed E-state index contributed by atoms with van der Waals surface area (Å²) in [7, 11) is 1.44. The van der Waals surface area contributed by atoms with E-state index in [1.165, 1.54) is 25.4 Å². The number of halogens is 1. The Morgan fingerprint density at radius 3 is 2.82 bits per heavy atom. The van der Waals surface area contributed by atoms with Crippen molar-refractivity contribution in [3.05, 3.63) is 35.1 Å². The standard InChI is InChI=1S/C11H8FNO3S/c1-16-6-2-3-7(8(12)4-6)10-13-5-9(17-10)11(14)15/h2-5H,1H3,(H,14,15). The summed E-state index contributed by atoms with van der Waals surface area (Å²) in [5, 5.41) is 9.09. The molecule has 0 unspecified atom stereocenters. The number of rotatable bonds is 3. The number of carboxylic acid groups (broad SMARTS) is 1. The zero-order valence-electron chi connectivity index (χ0n) is 8.81. The molecule has 1 aromatic carbocycles. The summed E-state index contributed by atoms with van der Waals surface area (Å²) in [6, 6.07) is 4.34. The Morgan fingerprint density at radius 2 is 2.29 bits per heavy atom. The molecule has 0 aliphatic heterocycles. The molecule has 17 heavy (non-hydrogen) atoms. The van der Waals surface area contributed by atoms with Crippen LogP contribution in [0.2, 0.25) is 0 Å². The third-order valence-electron chi connectivity index (χ3n) is 2.12. The van der Waals surface area contributed by atoms with E-state index in [2.05, 4.69) is 4.98 Å². The van der Waals surface area contributed by atoms with Gasteiger partial charge in [-0.25, -0.2) is 14.2 Å². The van der Waals surface area contributed by atoms with Crippen LogP contribution in [0.3, 0.4) is 0 Å². The molecular formula is C11H8FNO3S. The number of aromatic nitrogens is 1. The lowest BCUT2D eigenvalue weighted by molar-refractivity contribution is 0.0702. The molecule has 1 N–H and O–H groups in total. The van der Waals surface area contributed by atoms with Crippen molar-refractivity contribution in [2.75, 3.05) is 7.11 Å². The number of ether oxygens (including phenoxy) is 1. The van der Waals surface area contributed by atoms with E-state index in [1.807, 2.05) is 0 Å². The molecule has 0 aliphatic rings. The first-order valence-electron chi connectivity index (χ1n) is 4.65. The topological polar surface area (TPSA) is 59.4 Å². The average Bonchev–Trinajstić information content (AvgIpc) is 2.78. The maximum Gasteiger partial charge on any atom is 0.347 e. The van der Waals surface area contributed by atoms with Crippen LogP contribution in [0.25, 0.3) is 10.6 Å². The van der Waals surface area contributed by atoms with Crippen molar-refractivity contribution in [1.29, 1.82) is 0 Å². The minimum Gasteiger partial charge on any atom is -0.497 e. The van der Waals surface area contributed by atoms with Crippen molar-refractivity contribution in [1.82, 2.24) is 4.98 Å². The highest BCUT2D eigenvalue weighted by atomic mass is 32.1. The highest BCUT2D eigenvalue weighted by Gasteiger charge is 2.13. The molecule has 0 aliphatic carbocycles. The Bertz CT molecular complexity index is 568. The van der Waals surface area contributed by atoms with Gasteiger partial charge in [-0.15, -0.1) is 11.3 Å². The Kier molecular flexibility index (Phi) is 3.06. The van der Waals surface area contributed by atoms with E-state index in [4.69, 9.17) is 9.84 Å². The number of thiazole rings is 1. The van der Waals surface area contributed by atoms with Gasteiger partial charge < -0.3 is 9.84 Å². The lowest BCUT2D eigenvalue weighted by Crippen LogP contribution is -1.89. The van der Waals surface area contributed by atoms with Crippen molar-refractivity contribution in [3.63, 3.8) is 0 Å². The van der Waals surface area contributed by atoms with Crippen LogP contribution in [0, 0.1) is 5.82 Å². The summed E-state index contributed by atoms with van der Waals surface area (Å²) in [4.78, 5) is 14.6. The zero-order valence-corrected chi connectivity index (χ0v) is 9.62. The quantitative estimate of drug-likeness (QED) is 0.913. The Hall–Kier alpha value is -1.95. The van der Waals surface area contributed by atoms with Gasteiger partial charge in [-0.1, -0.05) is 0 Å². The van der Waals surface area contributed by atoms with Gasteiger partial charge >= 0.3 is 5.97 Å². The van der Waals surface area contributed by atoms with E-state index in [1.54, 1.807) is 6.07 Å². The lowest BCUT2D eigenvalue weighted by atomic mass is 10.2. The fourth-order valence-electron chi connectivity index (χ4n) is 1.29.